The summed E-state index contributed by atoms with van der Waals surface area (Å²) < 4.78 is 31.8. The predicted molar refractivity (Wildman–Crippen MR) is 185 cm³/mol. The van der Waals surface area contributed by atoms with Gasteiger partial charge in [-0.25, -0.2) is 14.0 Å². The van der Waals surface area contributed by atoms with Crippen molar-refractivity contribution >= 4 is 64.2 Å². The molecule has 0 N–H and O–H groups in total. The Kier molecular flexibility index (Phi) is 12.8. The standard InChI is InChI=1S/C35H38ClFN4O8S/c1-2-3-15-38(34(45)48-22-24-8-5-4-6-9-24)16-7-10-31(42)41(33(44)29-13-14-30(36)50-29)21-26-20-40(35(46)49-26)28-12-11-25(19-27(28)37)39-17-18-47-23-32(39)43/h4-6,8-9,11-14,19,26H,2-3,7,10,15-18,20-23H2,1H3/t26-/m1/s1. The van der Waals surface area contributed by atoms with Crippen molar-refractivity contribution in [2.24, 2.45) is 0 Å². The number of carbonyl (C=O) groups excluding carboxylic acids is 5. The molecule has 2 saturated heterocycles. The summed E-state index contributed by atoms with van der Waals surface area (Å²) in [6.45, 7) is 2.87. The maximum atomic E-state index is 15.3. The molecule has 50 heavy (non-hydrogen) atoms. The molecule has 0 saturated carbocycles. The zero-order chi connectivity index (χ0) is 35.6. The van der Waals surface area contributed by atoms with E-state index in [4.69, 9.17) is 25.8 Å². The highest BCUT2D eigenvalue weighted by atomic mass is 35.5. The van der Waals surface area contributed by atoms with Gasteiger partial charge in [0.25, 0.3) is 11.8 Å². The average molecular weight is 729 g/mol. The SMILES string of the molecule is CCCCN(CCCC(=O)N(C[C@H]1CN(c2ccc(N3CCOCC3=O)cc2F)C(=O)O1)C(=O)c1ccc(Cl)s1)C(=O)OCc1ccccc1. The first-order chi connectivity index (χ1) is 24.1. The molecule has 15 heteroatoms. The van der Waals surface area contributed by atoms with Crippen molar-refractivity contribution in [3.05, 3.63) is 81.3 Å². The van der Waals surface area contributed by atoms with Gasteiger partial charge in [-0.15, -0.1) is 11.3 Å². The minimum Gasteiger partial charge on any atom is -0.445 e. The van der Waals surface area contributed by atoms with Gasteiger partial charge in [0, 0.05) is 31.7 Å². The van der Waals surface area contributed by atoms with Crippen LogP contribution >= 0.6 is 22.9 Å². The van der Waals surface area contributed by atoms with E-state index in [0.29, 0.717) is 23.2 Å². The Labute approximate surface area is 298 Å². The molecule has 0 radical (unpaired) electrons. The third kappa shape index (κ3) is 9.37. The maximum Gasteiger partial charge on any atom is 0.414 e. The van der Waals surface area contributed by atoms with Crippen molar-refractivity contribution in [1.29, 1.82) is 0 Å². The number of thiophene rings is 1. The van der Waals surface area contributed by atoms with Gasteiger partial charge in [0.05, 0.1) is 34.6 Å². The number of ether oxygens (including phenoxy) is 3. The number of anilines is 2. The van der Waals surface area contributed by atoms with Crippen molar-refractivity contribution in [3.8, 4) is 0 Å². The molecule has 1 atom stereocenters. The summed E-state index contributed by atoms with van der Waals surface area (Å²) in [7, 11) is 0. The van der Waals surface area contributed by atoms with Crippen LogP contribution < -0.4 is 9.80 Å². The summed E-state index contributed by atoms with van der Waals surface area (Å²) in [6, 6.07) is 16.4. The first kappa shape index (κ1) is 36.7. The fourth-order valence-electron chi connectivity index (χ4n) is 5.56. The first-order valence-electron chi connectivity index (χ1n) is 16.4. The molecule has 0 unspecified atom stereocenters. The second-order valence-corrected chi connectivity index (χ2v) is 13.5. The molecule has 0 bridgehead atoms. The number of carbonyl (C=O) groups is 5. The molecule has 0 spiro atoms. The molecule has 2 aliphatic heterocycles. The zero-order valence-electron chi connectivity index (χ0n) is 27.6. The second kappa shape index (κ2) is 17.4. The van der Waals surface area contributed by atoms with Crippen LogP contribution in [0.15, 0.2) is 60.7 Å². The Morgan fingerprint density at radius 3 is 2.52 bits per heavy atom. The summed E-state index contributed by atoms with van der Waals surface area (Å²) >= 11 is 7.08. The number of hydrogen-bond acceptors (Lipinski definition) is 9. The van der Waals surface area contributed by atoms with E-state index in [2.05, 4.69) is 0 Å². The third-order valence-corrected chi connectivity index (χ3v) is 9.39. The van der Waals surface area contributed by atoms with Crippen LogP contribution in [0.25, 0.3) is 0 Å². The fourth-order valence-corrected chi connectivity index (χ4v) is 6.55. The summed E-state index contributed by atoms with van der Waals surface area (Å²) in [4.78, 5) is 70.5. The Morgan fingerprint density at radius 2 is 1.82 bits per heavy atom. The Morgan fingerprint density at radius 1 is 1.04 bits per heavy atom. The lowest BCUT2D eigenvalue weighted by atomic mass is 10.2. The largest absolute Gasteiger partial charge is 0.445 e. The molecule has 0 aliphatic carbocycles. The number of rotatable bonds is 14. The molecular formula is C35H38ClFN4O8S. The number of cyclic esters (lactones) is 1. The molecule has 12 nitrogen and oxygen atoms in total. The van der Waals surface area contributed by atoms with Crippen LogP contribution in [0.4, 0.5) is 25.4 Å². The number of benzene rings is 2. The molecule has 2 fully saturated rings. The van der Waals surface area contributed by atoms with E-state index in [1.807, 2.05) is 37.3 Å². The molecule has 2 aliphatic rings. The quantitative estimate of drug-likeness (QED) is 0.195. The lowest BCUT2D eigenvalue weighted by molar-refractivity contribution is -0.129. The van der Waals surface area contributed by atoms with Gasteiger partial charge in [-0.1, -0.05) is 55.3 Å². The van der Waals surface area contributed by atoms with Crippen molar-refractivity contribution in [2.75, 3.05) is 55.7 Å². The van der Waals surface area contributed by atoms with E-state index in [0.717, 1.165) is 39.5 Å². The van der Waals surface area contributed by atoms with Crippen molar-refractivity contribution in [2.45, 2.75) is 45.3 Å². The number of hydrogen-bond donors (Lipinski definition) is 0. The number of nitrogens with zero attached hydrogens (tertiary/aromatic N) is 4. The normalized spacial score (nSPS) is 15.9. The smallest absolute Gasteiger partial charge is 0.414 e. The highest BCUT2D eigenvalue weighted by Crippen LogP contribution is 2.30. The third-order valence-electron chi connectivity index (χ3n) is 8.17. The Bertz CT molecular complexity index is 1690. The molecule has 3 heterocycles. The number of unbranched alkanes of at least 4 members (excludes halogenated alkanes) is 1. The van der Waals surface area contributed by atoms with Crippen LogP contribution in [0.5, 0.6) is 0 Å². The molecular weight excluding hydrogens is 691 g/mol. The minimum atomic E-state index is -0.959. The molecule has 5 rings (SSSR count). The number of morpholine rings is 1. The molecule has 2 aromatic carbocycles. The van der Waals surface area contributed by atoms with E-state index in [1.54, 1.807) is 11.0 Å². The van der Waals surface area contributed by atoms with E-state index >= 15 is 4.39 Å². The monoisotopic (exact) mass is 728 g/mol. The van der Waals surface area contributed by atoms with Gasteiger partial charge in [0.15, 0.2) is 0 Å². The van der Waals surface area contributed by atoms with E-state index in [9.17, 15) is 24.0 Å². The zero-order valence-corrected chi connectivity index (χ0v) is 29.1. The van der Waals surface area contributed by atoms with Crippen LogP contribution in [0.2, 0.25) is 4.34 Å². The fraction of sp³-hybridized carbons (Fsp3) is 0.400. The van der Waals surface area contributed by atoms with Gasteiger partial charge in [0.1, 0.15) is 25.1 Å². The van der Waals surface area contributed by atoms with Crippen LogP contribution in [0, 0.1) is 5.82 Å². The lowest BCUT2D eigenvalue weighted by Gasteiger charge is -2.27. The van der Waals surface area contributed by atoms with Gasteiger partial charge < -0.3 is 24.0 Å². The van der Waals surface area contributed by atoms with Crippen molar-refractivity contribution in [3.63, 3.8) is 0 Å². The van der Waals surface area contributed by atoms with Crippen molar-refractivity contribution < 1.29 is 42.6 Å². The summed E-state index contributed by atoms with van der Waals surface area (Å²) in [5.74, 6) is -2.20. The minimum absolute atomic E-state index is 0.0671. The van der Waals surface area contributed by atoms with Crippen molar-refractivity contribution in [1.82, 2.24) is 9.80 Å². The second-order valence-electron chi connectivity index (χ2n) is 11.7. The Hall–Kier alpha value is -4.53. The lowest BCUT2D eigenvalue weighted by Crippen LogP contribution is -2.43. The van der Waals surface area contributed by atoms with E-state index < -0.39 is 35.9 Å². The van der Waals surface area contributed by atoms with Gasteiger partial charge in [-0.3, -0.25) is 24.2 Å². The molecule has 3 aromatic rings. The molecule has 266 valence electrons. The Balaban J connectivity index is 1.23. The van der Waals surface area contributed by atoms with Gasteiger partial charge in [0.2, 0.25) is 5.91 Å². The van der Waals surface area contributed by atoms with Crippen LogP contribution in [0.3, 0.4) is 0 Å². The molecule has 5 amide bonds. The maximum absolute atomic E-state index is 15.3. The summed E-state index contributed by atoms with van der Waals surface area (Å²) in [5.41, 5.74) is 1.12. The topological polar surface area (TPSA) is 126 Å². The summed E-state index contributed by atoms with van der Waals surface area (Å²) in [6.07, 6.45) is -0.533. The van der Waals surface area contributed by atoms with E-state index in [-0.39, 0.29) is 68.7 Å². The van der Waals surface area contributed by atoms with Crippen LogP contribution in [-0.2, 0) is 30.4 Å². The van der Waals surface area contributed by atoms with Crippen LogP contribution in [-0.4, -0.2) is 91.7 Å². The van der Waals surface area contributed by atoms with E-state index in [1.165, 1.54) is 29.2 Å². The number of imide groups is 1. The number of amides is 5. The first-order valence-corrected chi connectivity index (χ1v) is 17.6. The van der Waals surface area contributed by atoms with Gasteiger partial charge >= 0.3 is 12.2 Å². The van der Waals surface area contributed by atoms with Crippen LogP contribution in [0.1, 0.15) is 47.8 Å². The van der Waals surface area contributed by atoms with Gasteiger partial charge in [-0.05, 0) is 48.7 Å². The number of halogens is 2. The average Bonchev–Trinajstić information content (AvgIpc) is 3.72. The van der Waals surface area contributed by atoms with Gasteiger partial charge in [-0.2, -0.15) is 0 Å². The predicted octanol–water partition coefficient (Wildman–Crippen LogP) is 6.12. The highest BCUT2D eigenvalue weighted by Gasteiger charge is 2.38. The molecule has 1 aromatic heterocycles. The highest BCUT2D eigenvalue weighted by molar-refractivity contribution is 7.18. The summed E-state index contributed by atoms with van der Waals surface area (Å²) in [5, 5.41) is 0.